The Morgan fingerprint density at radius 3 is 2.30 bits per heavy atom. The van der Waals surface area contributed by atoms with Crippen molar-refractivity contribution in [1.82, 2.24) is 5.43 Å². The molecule has 0 aromatic heterocycles. The molecule has 0 aromatic carbocycles. The van der Waals surface area contributed by atoms with Gasteiger partial charge in [-0.25, -0.2) is 8.78 Å². The van der Waals surface area contributed by atoms with Gasteiger partial charge in [-0.15, -0.1) is 5.10 Å². The van der Waals surface area contributed by atoms with Gasteiger partial charge in [0.15, 0.2) is 0 Å². The fourth-order valence-electron chi connectivity index (χ4n) is 0.541. The highest BCUT2D eigenvalue weighted by molar-refractivity contribution is 6.44. The van der Waals surface area contributed by atoms with Crippen LogP contribution in [0.25, 0.3) is 0 Å². The third kappa shape index (κ3) is 1.11. The molecule has 55 valence electrons. The lowest BCUT2D eigenvalue weighted by Crippen LogP contribution is -2.07. The van der Waals surface area contributed by atoms with E-state index >= 15 is 0 Å². The lowest BCUT2D eigenvalue weighted by Gasteiger charge is -1.93. The first-order valence-electron chi connectivity index (χ1n) is 2.56. The summed E-state index contributed by atoms with van der Waals surface area (Å²) in [5, 5.41) is 3.15. The maximum atomic E-state index is 11.9. The largest absolute Gasteiger partial charge is 0.283 e. The first-order valence-corrected chi connectivity index (χ1v) is 2.94. The van der Waals surface area contributed by atoms with E-state index < -0.39 is 12.1 Å². The summed E-state index contributed by atoms with van der Waals surface area (Å²) in [6, 6.07) is 0. The van der Waals surface area contributed by atoms with Crippen molar-refractivity contribution in [2.24, 2.45) is 5.10 Å². The van der Waals surface area contributed by atoms with Gasteiger partial charge >= 0.3 is 0 Å². The Bertz CT molecular complexity index is 210. The van der Waals surface area contributed by atoms with E-state index in [1.807, 2.05) is 0 Å². The zero-order valence-corrected chi connectivity index (χ0v) is 5.86. The Balaban J connectivity index is 2.83. The third-order valence-electron chi connectivity index (χ3n) is 1.06. The predicted octanol–water partition coefficient (Wildman–Crippen LogP) is 1.70. The zero-order valence-electron chi connectivity index (χ0n) is 5.11. The van der Waals surface area contributed by atoms with Crippen LogP contribution in [0, 0.1) is 0 Å². The standard InChI is InChI=1S/C5H4ClF2N2/c1-2-3(6)4(5(7)8)10-9-2/h5H,1H3. The van der Waals surface area contributed by atoms with Crippen molar-refractivity contribution in [3.63, 3.8) is 0 Å². The van der Waals surface area contributed by atoms with Gasteiger partial charge in [-0.3, -0.25) is 0 Å². The van der Waals surface area contributed by atoms with Gasteiger partial charge in [0.05, 0.1) is 10.7 Å². The number of hydrogen-bond donors (Lipinski definition) is 0. The Morgan fingerprint density at radius 1 is 1.50 bits per heavy atom. The van der Waals surface area contributed by atoms with E-state index in [1.165, 1.54) is 6.92 Å². The molecule has 1 radical (unpaired) electrons. The van der Waals surface area contributed by atoms with Gasteiger partial charge in [0.1, 0.15) is 5.71 Å². The summed E-state index contributed by atoms with van der Waals surface area (Å²) >= 11 is 5.40. The summed E-state index contributed by atoms with van der Waals surface area (Å²) in [5.41, 5.74) is 3.29. The van der Waals surface area contributed by atoms with Crippen LogP contribution in [-0.4, -0.2) is 12.1 Å². The van der Waals surface area contributed by atoms with Crippen LogP contribution in [0.15, 0.2) is 15.8 Å². The van der Waals surface area contributed by atoms with E-state index in [1.54, 1.807) is 0 Å². The Labute approximate surface area is 61.6 Å². The lowest BCUT2D eigenvalue weighted by molar-refractivity contribution is 0.226. The van der Waals surface area contributed by atoms with Crippen molar-refractivity contribution >= 4 is 17.3 Å². The maximum Gasteiger partial charge on any atom is 0.283 e. The van der Waals surface area contributed by atoms with Gasteiger partial charge in [-0.2, -0.15) is 5.43 Å². The number of allylic oxidation sites excluding steroid dienone is 2. The summed E-state index contributed by atoms with van der Waals surface area (Å²) in [6.07, 6.45) is -2.63. The van der Waals surface area contributed by atoms with Gasteiger partial charge in [-0.1, -0.05) is 11.6 Å². The average Bonchev–Trinajstić information content (AvgIpc) is 2.14. The minimum atomic E-state index is -2.63. The van der Waals surface area contributed by atoms with Crippen LogP contribution in [0.5, 0.6) is 0 Å². The predicted molar refractivity (Wildman–Crippen MR) is 34.1 cm³/mol. The summed E-state index contributed by atoms with van der Waals surface area (Å²) in [4.78, 5) is 0. The quantitative estimate of drug-likeness (QED) is 0.566. The molecule has 0 aliphatic carbocycles. The van der Waals surface area contributed by atoms with Gasteiger partial charge in [0.25, 0.3) is 6.43 Å². The highest BCUT2D eigenvalue weighted by Gasteiger charge is 2.24. The van der Waals surface area contributed by atoms with E-state index in [0.29, 0.717) is 5.70 Å². The molecule has 0 atom stereocenters. The van der Waals surface area contributed by atoms with Gasteiger partial charge in [0.2, 0.25) is 0 Å². The lowest BCUT2D eigenvalue weighted by atomic mass is 10.3. The molecular formula is C5H4ClF2N2. The molecule has 10 heavy (non-hydrogen) atoms. The molecule has 5 heteroatoms. The summed E-state index contributed by atoms with van der Waals surface area (Å²) in [6.45, 7) is 1.53. The number of alkyl halides is 2. The molecule has 0 unspecified atom stereocenters. The van der Waals surface area contributed by atoms with Crippen LogP contribution in [-0.2, 0) is 0 Å². The fraction of sp³-hybridized carbons (Fsp3) is 0.400. The molecule has 1 heterocycles. The van der Waals surface area contributed by atoms with Crippen LogP contribution in [0.2, 0.25) is 0 Å². The summed E-state index contributed by atoms with van der Waals surface area (Å²) in [5.74, 6) is 0. The van der Waals surface area contributed by atoms with Crippen LogP contribution in [0.1, 0.15) is 6.92 Å². The highest BCUT2D eigenvalue weighted by Crippen LogP contribution is 2.20. The normalized spacial score (nSPS) is 17.9. The first kappa shape index (κ1) is 7.47. The van der Waals surface area contributed by atoms with Crippen LogP contribution < -0.4 is 5.43 Å². The Hall–Kier alpha value is -0.640. The van der Waals surface area contributed by atoms with E-state index in [4.69, 9.17) is 11.6 Å². The summed E-state index contributed by atoms with van der Waals surface area (Å²) in [7, 11) is 0. The average molecular weight is 166 g/mol. The molecule has 0 amide bonds. The maximum absolute atomic E-state index is 11.9. The minimum Gasteiger partial charge on any atom is -0.203 e. The molecule has 0 saturated heterocycles. The second-order valence-corrected chi connectivity index (χ2v) is 2.16. The van der Waals surface area contributed by atoms with Gasteiger partial charge in [0, 0.05) is 0 Å². The van der Waals surface area contributed by atoms with Gasteiger partial charge in [-0.05, 0) is 6.92 Å². The van der Waals surface area contributed by atoms with Crippen molar-refractivity contribution in [3.8, 4) is 0 Å². The molecule has 1 rings (SSSR count). The minimum absolute atomic E-state index is 0.0324. The van der Waals surface area contributed by atoms with Gasteiger partial charge < -0.3 is 0 Å². The molecule has 2 nitrogen and oxygen atoms in total. The number of nitrogens with zero attached hydrogens (tertiary/aromatic N) is 2. The third-order valence-corrected chi connectivity index (χ3v) is 1.52. The van der Waals surface area contributed by atoms with Crippen molar-refractivity contribution < 1.29 is 8.78 Å². The topological polar surface area (TPSA) is 26.5 Å². The molecular weight excluding hydrogens is 162 g/mol. The highest BCUT2D eigenvalue weighted by atomic mass is 35.5. The molecule has 0 fully saturated rings. The second-order valence-electron chi connectivity index (χ2n) is 1.79. The van der Waals surface area contributed by atoms with E-state index in [2.05, 4.69) is 10.5 Å². The molecule has 0 bridgehead atoms. The molecule has 0 aromatic rings. The molecule has 0 N–H and O–H groups in total. The molecule has 0 spiro atoms. The molecule has 0 saturated carbocycles. The monoisotopic (exact) mass is 165 g/mol. The van der Waals surface area contributed by atoms with Crippen molar-refractivity contribution in [3.05, 3.63) is 10.7 Å². The summed E-state index contributed by atoms with van der Waals surface area (Å²) < 4.78 is 23.7. The molecule has 1 aliphatic heterocycles. The SMILES string of the molecule is CC1=C(Cl)C(C(F)F)=N[N]1. The van der Waals surface area contributed by atoms with Crippen LogP contribution in [0.3, 0.4) is 0 Å². The van der Waals surface area contributed by atoms with E-state index in [-0.39, 0.29) is 5.03 Å². The number of halogens is 3. The van der Waals surface area contributed by atoms with Crippen LogP contribution >= 0.6 is 11.6 Å². The van der Waals surface area contributed by atoms with Crippen molar-refractivity contribution in [2.75, 3.05) is 0 Å². The molecule has 1 aliphatic rings. The smallest absolute Gasteiger partial charge is 0.203 e. The number of rotatable bonds is 1. The van der Waals surface area contributed by atoms with E-state index in [9.17, 15) is 8.78 Å². The first-order chi connectivity index (χ1) is 4.63. The van der Waals surface area contributed by atoms with E-state index in [0.717, 1.165) is 0 Å². The fourth-order valence-corrected chi connectivity index (χ4v) is 0.700. The van der Waals surface area contributed by atoms with Crippen molar-refractivity contribution in [1.29, 1.82) is 0 Å². The van der Waals surface area contributed by atoms with Crippen molar-refractivity contribution in [2.45, 2.75) is 13.3 Å². The zero-order chi connectivity index (χ0) is 7.72. The van der Waals surface area contributed by atoms with Crippen LogP contribution in [0.4, 0.5) is 8.78 Å². The Kier molecular flexibility index (Phi) is 1.89. The second kappa shape index (κ2) is 2.54. The number of hydrogen-bond acceptors (Lipinski definition) is 1. The Morgan fingerprint density at radius 2 is 2.10 bits per heavy atom.